The van der Waals surface area contributed by atoms with Gasteiger partial charge in [-0.25, -0.2) is 0 Å². The number of aromatic nitrogens is 4. The van der Waals surface area contributed by atoms with Crippen LogP contribution in [-0.2, 0) is 13.6 Å². The number of halogens is 2. The van der Waals surface area contributed by atoms with E-state index in [1.165, 1.54) is 28.8 Å². The van der Waals surface area contributed by atoms with Crippen molar-refractivity contribution in [2.75, 3.05) is 5.32 Å². The van der Waals surface area contributed by atoms with Crippen LogP contribution in [0.4, 0.5) is 14.5 Å². The van der Waals surface area contributed by atoms with Crippen LogP contribution < -0.4 is 15.6 Å². The largest absolute Gasteiger partial charge is 0.435 e. The average molecular weight is 431 g/mol. The van der Waals surface area contributed by atoms with E-state index in [4.69, 9.17) is 0 Å². The molecule has 0 aliphatic carbocycles. The number of carbonyl (C=O) groups excluding carboxylic acids is 1. The molecule has 8 nitrogen and oxygen atoms in total. The van der Waals surface area contributed by atoms with Gasteiger partial charge in [-0.05, 0) is 36.4 Å². The lowest BCUT2D eigenvalue weighted by molar-refractivity contribution is -0.0498. The van der Waals surface area contributed by atoms with Crippen molar-refractivity contribution in [1.82, 2.24) is 19.3 Å². The Kier molecular flexibility index (Phi) is 5.27. The van der Waals surface area contributed by atoms with E-state index in [1.807, 2.05) is 18.3 Å². The van der Waals surface area contributed by atoms with Gasteiger partial charge in [0.1, 0.15) is 16.3 Å². The van der Waals surface area contributed by atoms with Gasteiger partial charge in [0.15, 0.2) is 0 Å². The second-order valence-electron chi connectivity index (χ2n) is 6.34. The number of hydrogen-bond donors (Lipinski definition) is 1. The highest BCUT2D eigenvalue weighted by molar-refractivity contribution is 7.13. The van der Waals surface area contributed by atoms with Crippen LogP contribution in [0.15, 0.2) is 53.6 Å². The number of nitrogens with zero attached hydrogens (tertiary/aromatic N) is 4. The predicted molar refractivity (Wildman–Crippen MR) is 107 cm³/mol. The van der Waals surface area contributed by atoms with Gasteiger partial charge in [0.05, 0.1) is 6.54 Å². The Morgan fingerprint density at radius 3 is 2.63 bits per heavy atom. The molecule has 1 aromatic carbocycles. The molecule has 0 aliphatic rings. The minimum Gasteiger partial charge on any atom is -0.435 e. The van der Waals surface area contributed by atoms with Crippen molar-refractivity contribution in [1.29, 1.82) is 0 Å². The Balaban J connectivity index is 1.46. The molecule has 4 rings (SSSR count). The smallest absolute Gasteiger partial charge is 0.387 e. The Morgan fingerprint density at radius 1 is 1.17 bits per heavy atom. The number of pyridine rings is 1. The fourth-order valence-electron chi connectivity index (χ4n) is 2.92. The van der Waals surface area contributed by atoms with Crippen molar-refractivity contribution in [3.63, 3.8) is 0 Å². The maximum Gasteiger partial charge on any atom is 0.387 e. The van der Waals surface area contributed by atoms with E-state index in [0.29, 0.717) is 16.2 Å². The zero-order valence-corrected chi connectivity index (χ0v) is 16.4. The molecule has 0 fully saturated rings. The third kappa shape index (κ3) is 4.06. The third-order valence-corrected chi connectivity index (χ3v) is 5.21. The van der Waals surface area contributed by atoms with E-state index in [0.717, 1.165) is 16.7 Å². The lowest BCUT2D eigenvalue weighted by Crippen LogP contribution is -2.21. The zero-order chi connectivity index (χ0) is 21.3. The van der Waals surface area contributed by atoms with Gasteiger partial charge >= 0.3 is 6.61 Å². The summed E-state index contributed by atoms with van der Waals surface area (Å²) in [6.45, 7) is -2.73. The number of nitrogens with one attached hydrogen (secondary N) is 1. The maximum atomic E-state index is 12.7. The van der Waals surface area contributed by atoms with Gasteiger partial charge in [-0.15, -0.1) is 10.2 Å². The van der Waals surface area contributed by atoms with Crippen molar-refractivity contribution in [3.8, 4) is 5.75 Å². The molecule has 0 saturated heterocycles. The molecule has 0 aliphatic heterocycles. The molecule has 0 radical (unpaired) electrons. The second-order valence-corrected chi connectivity index (χ2v) is 7.40. The lowest BCUT2D eigenvalue weighted by Gasteiger charge is -2.06. The summed E-state index contributed by atoms with van der Waals surface area (Å²) in [4.78, 5) is 25.0. The first-order valence-corrected chi connectivity index (χ1v) is 9.55. The summed E-state index contributed by atoms with van der Waals surface area (Å²) < 4.78 is 31.9. The molecule has 11 heteroatoms. The van der Waals surface area contributed by atoms with E-state index in [-0.39, 0.29) is 22.9 Å². The highest BCUT2D eigenvalue weighted by Gasteiger charge is 2.15. The summed E-state index contributed by atoms with van der Waals surface area (Å²) in [5.74, 6) is -0.506. The molecule has 0 saturated carbocycles. The molecular weight excluding hydrogens is 416 g/mol. The fraction of sp³-hybridized carbons (Fsp3) is 0.158. The topological polar surface area (TPSA) is 91.0 Å². The first-order valence-electron chi connectivity index (χ1n) is 8.74. The van der Waals surface area contributed by atoms with Gasteiger partial charge in [0.2, 0.25) is 5.01 Å². The molecule has 30 heavy (non-hydrogen) atoms. The van der Waals surface area contributed by atoms with Crippen LogP contribution in [-0.4, -0.2) is 31.9 Å². The Morgan fingerprint density at radius 2 is 1.90 bits per heavy atom. The van der Waals surface area contributed by atoms with Gasteiger partial charge in [0.25, 0.3) is 11.5 Å². The SMILES string of the molecule is Cn1ccc2ccn(Cc3nnc(C(=O)Nc4ccc(OC(F)F)cc4)s3)c(=O)c21. The molecule has 0 unspecified atom stereocenters. The number of ether oxygens (including phenoxy) is 1. The highest BCUT2D eigenvalue weighted by Crippen LogP contribution is 2.19. The highest BCUT2D eigenvalue weighted by atomic mass is 32.1. The van der Waals surface area contributed by atoms with E-state index in [1.54, 1.807) is 17.8 Å². The van der Waals surface area contributed by atoms with Gasteiger partial charge < -0.3 is 19.2 Å². The number of fused-ring (bicyclic) bond motifs is 1. The second kappa shape index (κ2) is 8.03. The van der Waals surface area contributed by atoms with Crippen LogP contribution in [0.25, 0.3) is 10.9 Å². The molecule has 1 amide bonds. The number of amides is 1. The Hall–Kier alpha value is -3.60. The molecule has 154 valence electrons. The van der Waals surface area contributed by atoms with E-state index in [9.17, 15) is 18.4 Å². The number of alkyl halides is 2. The normalized spacial score (nSPS) is 11.2. The summed E-state index contributed by atoms with van der Waals surface area (Å²) >= 11 is 1.06. The van der Waals surface area contributed by atoms with Gasteiger partial charge in [0, 0.05) is 30.5 Å². The summed E-state index contributed by atoms with van der Waals surface area (Å²) in [6, 6.07) is 9.21. The monoisotopic (exact) mass is 431 g/mol. The van der Waals surface area contributed by atoms with Crippen molar-refractivity contribution < 1.29 is 18.3 Å². The fourth-order valence-corrected chi connectivity index (χ4v) is 3.65. The maximum absolute atomic E-state index is 12.7. The van der Waals surface area contributed by atoms with Crippen LogP contribution in [0.2, 0.25) is 0 Å². The van der Waals surface area contributed by atoms with Crippen molar-refractivity contribution in [2.24, 2.45) is 7.05 Å². The minimum atomic E-state index is -2.92. The van der Waals surface area contributed by atoms with Crippen LogP contribution in [0.3, 0.4) is 0 Å². The van der Waals surface area contributed by atoms with Crippen LogP contribution in [0, 0.1) is 0 Å². The first-order chi connectivity index (χ1) is 14.4. The molecule has 3 heterocycles. The number of aryl methyl sites for hydroxylation is 1. The molecular formula is C19H15F2N5O3S. The third-order valence-electron chi connectivity index (χ3n) is 4.31. The van der Waals surface area contributed by atoms with E-state index in [2.05, 4.69) is 20.3 Å². The Labute approximate surface area is 172 Å². The van der Waals surface area contributed by atoms with Crippen molar-refractivity contribution >= 4 is 33.8 Å². The summed E-state index contributed by atoms with van der Waals surface area (Å²) in [5.41, 5.74) is 0.815. The molecule has 0 spiro atoms. The predicted octanol–water partition coefficient (Wildman–Crippen LogP) is 3.09. The number of anilines is 1. The Bertz CT molecular complexity index is 1260. The van der Waals surface area contributed by atoms with E-state index >= 15 is 0 Å². The van der Waals surface area contributed by atoms with Crippen LogP contribution in [0.1, 0.15) is 14.8 Å². The van der Waals surface area contributed by atoms with E-state index < -0.39 is 12.5 Å². The molecule has 0 bridgehead atoms. The quantitative estimate of drug-likeness (QED) is 0.507. The first kappa shape index (κ1) is 19.7. The van der Waals surface area contributed by atoms with Crippen LogP contribution in [0.5, 0.6) is 5.75 Å². The summed E-state index contributed by atoms with van der Waals surface area (Å²) in [7, 11) is 1.80. The average Bonchev–Trinajstić information content (AvgIpc) is 3.32. The molecule has 3 aromatic heterocycles. The van der Waals surface area contributed by atoms with Gasteiger partial charge in [-0.3, -0.25) is 9.59 Å². The van der Waals surface area contributed by atoms with Crippen molar-refractivity contribution in [3.05, 3.63) is 69.2 Å². The zero-order valence-electron chi connectivity index (χ0n) is 15.6. The standard InChI is InChI=1S/C19H15F2N5O3S/c1-25-8-6-11-7-9-26(18(28)15(11)25)10-14-23-24-17(30-14)16(27)22-12-2-4-13(5-3-12)29-19(20)21/h2-9,19H,10H2,1H3,(H,22,27). The summed E-state index contributed by atoms with van der Waals surface area (Å²) in [6.07, 6.45) is 3.49. The number of carbonyl (C=O) groups is 1. The van der Waals surface area contributed by atoms with Crippen molar-refractivity contribution in [2.45, 2.75) is 13.2 Å². The number of benzene rings is 1. The molecule has 4 aromatic rings. The number of hydrogen-bond acceptors (Lipinski definition) is 6. The summed E-state index contributed by atoms with van der Waals surface area (Å²) in [5, 5.41) is 11.9. The van der Waals surface area contributed by atoms with Gasteiger partial charge in [-0.2, -0.15) is 8.78 Å². The number of rotatable bonds is 6. The molecule has 0 atom stereocenters. The lowest BCUT2D eigenvalue weighted by atomic mass is 10.3. The molecule has 1 N–H and O–H groups in total. The minimum absolute atomic E-state index is 0.0122. The van der Waals surface area contributed by atoms with Crippen LogP contribution >= 0.6 is 11.3 Å². The van der Waals surface area contributed by atoms with Gasteiger partial charge in [-0.1, -0.05) is 11.3 Å².